The van der Waals surface area contributed by atoms with Gasteiger partial charge in [0, 0.05) is 11.6 Å². The van der Waals surface area contributed by atoms with Gasteiger partial charge >= 0.3 is 0 Å². The zero-order chi connectivity index (χ0) is 16.4. The zero-order valence-electron chi connectivity index (χ0n) is 13.6. The van der Waals surface area contributed by atoms with Crippen molar-refractivity contribution in [3.63, 3.8) is 0 Å². The summed E-state index contributed by atoms with van der Waals surface area (Å²) in [6, 6.07) is 10.4. The molecule has 7 heteroatoms. The molecule has 24 heavy (non-hydrogen) atoms. The maximum Gasteiger partial charge on any atom is 0.244 e. The number of nitrogens with zero attached hydrogens (tertiary/aromatic N) is 6. The minimum absolute atomic E-state index is 0.0889. The third-order valence-corrected chi connectivity index (χ3v) is 4.62. The highest BCUT2D eigenvalue weighted by Crippen LogP contribution is 2.30. The van der Waals surface area contributed by atoms with Crippen LogP contribution in [0.2, 0.25) is 0 Å². The molecule has 1 fully saturated rings. The summed E-state index contributed by atoms with van der Waals surface area (Å²) in [6.45, 7) is 4.00. The first-order chi connectivity index (χ1) is 11.8. The van der Waals surface area contributed by atoms with Crippen molar-refractivity contribution in [1.29, 1.82) is 0 Å². The largest absolute Gasteiger partial charge is 0.337 e. The van der Waals surface area contributed by atoms with Gasteiger partial charge in [-0.1, -0.05) is 35.5 Å². The molecule has 1 aliphatic heterocycles. The van der Waals surface area contributed by atoms with Crippen molar-refractivity contribution in [3.05, 3.63) is 48.9 Å². The van der Waals surface area contributed by atoms with Gasteiger partial charge in [-0.05, 0) is 26.3 Å². The Bertz CT molecular complexity index is 770. The topological polar surface area (TPSA) is 72.9 Å². The number of aromatic nitrogens is 5. The molecule has 7 nitrogen and oxygen atoms in total. The first-order valence-electron chi connectivity index (χ1n) is 8.28. The quantitative estimate of drug-likeness (QED) is 0.718. The van der Waals surface area contributed by atoms with Crippen molar-refractivity contribution in [3.8, 4) is 11.4 Å². The van der Waals surface area contributed by atoms with E-state index in [2.05, 4.69) is 32.0 Å². The van der Waals surface area contributed by atoms with Crippen molar-refractivity contribution < 1.29 is 4.52 Å². The second-order valence-electron chi connectivity index (χ2n) is 6.15. The van der Waals surface area contributed by atoms with Gasteiger partial charge in [0.05, 0.1) is 12.6 Å². The minimum atomic E-state index is 0.0889. The Morgan fingerprint density at radius 3 is 2.96 bits per heavy atom. The average Bonchev–Trinajstić information content (AvgIpc) is 3.37. The van der Waals surface area contributed by atoms with Gasteiger partial charge in [-0.25, -0.2) is 4.98 Å². The standard InChI is InChI=1S/C17H20N6O/c1-13(17-20-16(21-24-17)14-6-3-2-4-7-14)23-9-5-8-15(23)10-22-12-18-11-19-22/h2-4,6-7,11-13,15H,5,8-10H2,1H3/t13-,15-/m0/s1. The van der Waals surface area contributed by atoms with E-state index in [4.69, 9.17) is 4.52 Å². The van der Waals surface area contributed by atoms with Gasteiger partial charge in [0.1, 0.15) is 12.7 Å². The van der Waals surface area contributed by atoms with Gasteiger partial charge in [0.15, 0.2) is 0 Å². The molecule has 1 aromatic carbocycles. The lowest BCUT2D eigenvalue weighted by atomic mass is 10.2. The van der Waals surface area contributed by atoms with E-state index in [0.717, 1.165) is 25.1 Å². The Morgan fingerprint density at radius 2 is 2.17 bits per heavy atom. The number of benzene rings is 1. The van der Waals surface area contributed by atoms with Crippen LogP contribution in [0.1, 0.15) is 31.7 Å². The van der Waals surface area contributed by atoms with Crippen molar-refractivity contribution in [2.75, 3.05) is 6.54 Å². The fraction of sp³-hybridized carbons (Fsp3) is 0.412. The Hall–Kier alpha value is -2.54. The van der Waals surface area contributed by atoms with Crippen LogP contribution in [-0.4, -0.2) is 42.4 Å². The van der Waals surface area contributed by atoms with Gasteiger partial charge < -0.3 is 4.52 Å². The summed E-state index contributed by atoms with van der Waals surface area (Å²) in [7, 11) is 0. The number of hydrogen-bond acceptors (Lipinski definition) is 6. The summed E-state index contributed by atoms with van der Waals surface area (Å²) < 4.78 is 7.43. The van der Waals surface area contributed by atoms with Crippen LogP contribution in [-0.2, 0) is 6.54 Å². The Kier molecular flexibility index (Phi) is 4.08. The molecule has 1 saturated heterocycles. The summed E-state index contributed by atoms with van der Waals surface area (Å²) >= 11 is 0. The van der Waals surface area contributed by atoms with E-state index < -0.39 is 0 Å². The molecule has 3 heterocycles. The van der Waals surface area contributed by atoms with E-state index in [9.17, 15) is 0 Å². The summed E-state index contributed by atoms with van der Waals surface area (Å²) in [6.07, 6.45) is 5.65. The van der Waals surface area contributed by atoms with E-state index >= 15 is 0 Å². The van der Waals surface area contributed by atoms with Gasteiger partial charge in [-0.15, -0.1) is 0 Å². The van der Waals surface area contributed by atoms with Crippen LogP contribution >= 0.6 is 0 Å². The van der Waals surface area contributed by atoms with E-state index in [0.29, 0.717) is 17.8 Å². The van der Waals surface area contributed by atoms with Crippen LogP contribution in [0.3, 0.4) is 0 Å². The molecule has 4 rings (SSSR count). The highest BCUT2D eigenvalue weighted by Gasteiger charge is 2.32. The van der Waals surface area contributed by atoms with Crippen LogP contribution < -0.4 is 0 Å². The molecular formula is C17H20N6O. The lowest BCUT2D eigenvalue weighted by Gasteiger charge is -2.28. The molecule has 0 amide bonds. The van der Waals surface area contributed by atoms with Crippen LogP contribution in [0.15, 0.2) is 47.5 Å². The van der Waals surface area contributed by atoms with Gasteiger partial charge in [-0.2, -0.15) is 10.1 Å². The summed E-state index contributed by atoms with van der Waals surface area (Å²) in [4.78, 5) is 11.0. The van der Waals surface area contributed by atoms with E-state index in [1.165, 1.54) is 6.42 Å². The number of likely N-dealkylation sites (tertiary alicyclic amines) is 1. The Morgan fingerprint density at radius 1 is 1.29 bits per heavy atom. The van der Waals surface area contributed by atoms with Gasteiger partial charge in [0.25, 0.3) is 0 Å². The van der Waals surface area contributed by atoms with Crippen LogP contribution in [0.4, 0.5) is 0 Å². The van der Waals surface area contributed by atoms with E-state index in [1.807, 2.05) is 35.0 Å². The predicted octanol–water partition coefficient (Wildman–Crippen LogP) is 2.55. The second-order valence-corrected chi connectivity index (χ2v) is 6.15. The molecule has 0 spiro atoms. The monoisotopic (exact) mass is 324 g/mol. The summed E-state index contributed by atoms with van der Waals surface area (Å²) in [5.41, 5.74) is 0.972. The smallest absolute Gasteiger partial charge is 0.244 e. The average molecular weight is 324 g/mol. The van der Waals surface area contributed by atoms with Gasteiger partial charge in [-0.3, -0.25) is 9.58 Å². The zero-order valence-corrected chi connectivity index (χ0v) is 13.6. The molecule has 1 aliphatic rings. The maximum atomic E-state index is 5.54. The molecule has 0 bridgehead atoms. The summed E-state index contributed by atoms with van der Waals surface area (Å²) in [5.74, 6) is 1.31. The highest BCUT2D eigenvalue weighted by atomic mass is 16.5. The fourth-order valence-corrected chi connectivity index (χ4v) is 3.36. The van der Waals surface area contributed by atoms with Gasteiger partial charge in [0.2, 0.25) is 11.7 Å². The highest BCUT2D eigenvalue weighted by molar-refractivity contribution is 5.53. The molecule has 3 aromatic rings. The molecule has 2 atom stereocenters. The van der Waals surface area contributed by atoms with Crippen molar-refractivity contribution in [2.24, 2.45) is 0 Å². The molecule has 0 unspecified atom stereocenters. The van der Waals surface area contributed by atoms with E-state index in [1.54, 1.807) is 12.7 Å². The van der Waals surface area contributed by atoms with Crippen LogP contribution in [0, 0.1) is 0 Å². The lowest BCUT2D eigenvalue weighted by Crippen LogP contribution is -2.35. The van der Waals surface area contributed by atoms with Crippen molar-refractivity contribution >= 4 is 0 Å². The molecule has 0 radical (unpaired) electrons. The van der Waals surface area contributed by atoms with E-state index in [-0.39, 0.29) is 6.04 Å². The molecule has 0 N–H and O–H groups in total. The van der Waals surface area contributed by atoms with Crippen LogP contribution in [0.25, 0.3) is 11.4 Å². The first kappa shape index (κ1) is 15.0. The molecule has 124 valence electrons. The number of hydrogen-bond donors (Lipinski definition) is 0. The van der Waals surface area contributed by atoms with Crippen molar-refractivity contribution in [2.45, 2.75) is 38.4 Å². The molecule has 0 aliphatic carbocycles. The number of rotatable bonds is 5. The Labute approximate surface area is 140 Å². The Balaban J connectivity index is 1.50. The maximum absolute atomic E-state index is 5.54. The van der Waals surface area contributed by atoms with Crippen molar-refractivity contribution in [1.82, 2.24) is 29.8 Å². The lowest BCUT2D eigenvalue weighted by molar-refractivity contribution is 0.144. The fourth-order valence-electron chi connectivity index (χ4n) is 3.36. The molecule has 0 saturated carbocycles. The second kappa shape index (κ2) is 6.52. The third kappa shape index (κ3) is 2.94. The normalized spacial score (nSPS) is 19.6. The first-order valence-corrected chi connectivity index (χ1v) is 8.28. The minimum Gasteiger partial charge on any atom is -0.337 e. The summed E-state index contributed by atoms with van der Waals surface area (Å²) in [5, 5.41) is 8.36. The molecular weight excluding hydrogens is 304 g/mol. The van der Waals surface area contributed by atoms with Crippen LogP contribution in [0.5, 0.6) is 0 Å². The SMILES string of the molecule is C[C@@H](c1nc(-c2ccccc2)no1)N1CCC[C@H]1Cn1cncn1. The predicted molar refractivity (Wildman–Crippen MR) is 87.9 cm³/mol. The third-order valence-electron chi connectivity index (χ3n) is 4.62. The molecule has 2 aromatic heterocycles.